The van der Waals surface area contributed by atoms with Gasteiger partial charge in [-0.2, -0.15) is 0 Å². The molecule has 0 saturated carbocycles. The van der Waals surface area contributed by atoms with Gasteiger partial charge in [0, 0.05) is 12.5 Å². The molecule has 106 valence electrons. The largest absolute Gasteiger partial charge is 0.306 e. The van der Waals surface area contributed by atoms with E-state index in [1.54, 1.807) is 12.1 Å². The van der Waals surface area contributed by atoms with Crippen molar-refractivity contribution < 1.29 is 9.18 Å². The smallest absolute Gasteiger partial charge is 0.297 e. The van der Waals surface area contributed by atoms with E-state index in [-0.39, 0.29) is 16.9 Å². The first-order valence-electron chi connectivity index (χ1n) is 6.26. The Morgan fingerprint density at radius 3 is 2.50 bits per heavy atom. The number of carbonyl (C=O) groups excluding carboxylic acids is 1. The molecule has 2 aromatic rings. The summed E-state index contributed by atoms with van der Waals surface area (Å²) in [7, 11) is 1.49. The van der Waals surface area contributed by atoms with E-state index in [1.165, 1.54) is 24.1 Å². The van der Waals surface area contributed by atoms with Crippen LogP contribution in [0.2, 0.25) is 0 Å². The summed E-state index contributed by atoms with van der Waals surface area (Å²) in [6.07, 6.45) is 0. The zero-order chi connectivity index (χ0) is 14.9. The van der Waals surface area contributed by atoms with E-state index in [0.29, 0.717) is 5.82 Å². The van der Waals surface area contributed by atoms with Crippen LogP contribution in [0.25, 0.3) is 0 Å². The third kappa shape index (κ3) is 2.68. The maximum Gasteiger partial charge on any atom is 0.297 e. The second kappa shape index (κ2) is 5.03. The van der Waals surface area contributed by atoms with Gasteiger partial charge in [0.05, 0.1) is 5.69 Å². The predicted octanol–water partition coefficient (Wildman–Crippen LogP) is 2.52. The number of aromatic amines is 1. The number of amides is 1. The lowest BCUT2D eigenvalue weighted by atomic mass is 9.96. The van der Waals surface area contributed by atoms with Crippen LogP contribution in [-0.2, 0) is 5.41 Å². The van der Waals surface area contributed by atoms with E-state index in [1.807, 2.05) is 20.8 Å². The molecule has 1 heterocycles. The summed E-state index contributed by atoms with van der Waals surface area (Å²) in [4.78, 5) is 17.6. The molecule has 0 saturated heterocycles. The summed E-state index contributed by atoms with van der Waals surface area (Å²) >= 11 is 0. The highest BCUT2D eigenvalue weighted by Gasteiger charge is 2.24. The second-order valence-electron chi connectivity index (χ2n) is 5.57. The van der Waals surface area contributed by atoms with Gasteiger partial charge in [-0.1, -0.05) is 32.9 Å². The van der Waals surface area contributed by atoms with Gasteiger partial charge < -0.3 is 4.90 Å². The molecule has 0 aliphatic carbocycles. The number of aromatic nitrogens is 3. The number of hydrogen-bond acceptors (Lipinski definition) is 3. The van der Waals surface area contributed by atoms with Crippen molar-refractivity contribution >= 4 is 11.6 Å². The summed E-state index contributed by atoms with van der Waals surface area (Å²) in [5.74, 6) is -0.278. The molecule has 0 spiro atoms. The topological polar surface area (TPSA) is 61.9 Å². The monoisotopic (exact) mass is 276 g/mol. The van der Waals surface area contributed by atoms with Crippen LogP contribution in [0.1, 0.15) is 37.2 Å². The van der Waals surface area contributed by atoms with Crippen molar-refractivity contribution in [2.75, 3.05) is 11.9 Å². The fourth-order valence-corrected chi connectivity index (χ4v) is 1.68. The highest BCUT2D eigenvalue weighted by molar-refractivity contribution is 6.03. The number of carbonyl (C=O) groups is 1. The fraction of sp³-hybridized carbons (Fsp3) is 0.357. The Bertz CT molecular complexity index is 630. The summed E-state index contributed by atoms with van der Waals surface area (Å²) in [5, 5.41) is 6.65. The zero-order valence-corrected chi connectivity index (χ0v) is 11.9. The Morgan fingerprint density at radius 1 is 1.30 bits per heavy atom. The molecule has 0 bridgehead atoms. The Labute approximate surface area is 116 Å². The van der Waals surface area contributed by atoms with Crippen molar-refractivity contribution in [1.82, 2.24) is 15.2 Å². The first kappa shape index (κ1) is 14.2. The van der Waals surface area contributed by atoms with Crippen LogP contribution in [-0.4, -0.2) is 28.1 Å². The molecule has 1 N–H and O–H groups in total. The molecule has 1 aromatic heterocycles. The highest BCUT2D eigenvalue weighted by atomic mass is 19.1. The average molecular weight is 276 g/mol. The number of nitrogens with one attached hydrogen (secondary N) is 1. The fourth-order valence-electron chi connectivity index (χ4n) is 1.68. The van der Waals surface area contributed by atoms with Crippen LogP contribution >= 0.6 is 0 Å². The third-order valence-electron chi connectivity index (χ3n) is 2.91. The summed E-state index contributed by atoms with van der Waals surface area (Å²) < 4.78 is 13.7. The van der Waals surface area contributed by atoms with E-state index in [2.05, 4.69) is 15.2 Å². The minimum Gasteiger partial charge on any atom is -0.306 e. The number of H-pyrrole nitrogens is 1. The molecule has 2 rings (SSSR count). The van der Waals surface area contributed by atoms with Crippen LogP contribution in [0, 0.1) is 5.82 Å². The van der Waals surface area contributed by atoms with E-state index in [9.17, 15) is 9.18 Å². The van der Waals surface area contributed by atoms with Gasteiger partial charge in [-0.05, 0) is 12.1 Å². The van der Waals surface area contributed by atoms with Crippen LogP contribution < -0.4 is 4.90 Å². The lowest BCUT2D eigenvalue weighted by Gasteiger charge is -2.16. The maximum atomic E-state index is 13.7. The quantitative estimate of drug-likeness (QED) is 0.916. The summed E-state index contributed by atoms with van der Waals surface area (Å²) in [6.45, 7) is 5.88. The first-order valence-corrected chi connectivity index (χ1v) is 6.26. The van der Waals surface area contributed by atoms with Gasteiger partial charge in [-0.25, -0.2) is 9.37 Å². The number of benzene rings is 1. The van der Waals surface area contributed by atoms with Crippen LogP contribution in [0.4, 0.5) is 10.1 Å². The lowest BCUT2D eigenvalue weighted by Crippen LogP contribution is -2.28. The predicted molar refractivity (Wildman–Crippen MR) is 74.2 cm³/mol. The Balaban J connectivity index is 2.28. The Kier molecular flexibility index (Phi) is 3.57. The van der Waals surface area contributed by atoms with E-state index >= 15 is 0 Å². The van der Waals surface area contributed by atoms with Gasteiger partial charge in [0.1, 0.15) is 11.6 Å². The van der Waals surface area contributed by atoms with Crippen molar-refractivity contribution in [3.05, 3.63) is 41.7 Å². The molecule has 1 aromatic carbocycles. The van der Waals surface area contributed by atoms with Crippen molar-refractivity contribution in [3.8, 4) is 0 Å². The molecule has 0 radical (unpaired) electrons. The molecule has 0 aliphatic rings. The van der Waals surface area contributed by atoms with Crippen molar-refractivity contribution in [2.45, 2.75) is 26.2 Å². The Morgan fingerprint density at radius 2 is 1.95 bits per heavy atom. The minimum atomic E-state index is -0.463. The molecule has 0 unspecified atom stereocenters. The zero-order valence-electron chi connectivity index (χ0n) is 11.9. The summed E-state index contributed by atoms with van der Waals surface area (Å²) in [5.41, 5.74) is -0.0399. The Hall–Kier alpha value is -2.24. The molecule has 0 fully saturated rings. The van der Waals surface area contributed by atoms with E-state index in [4.69, 9.17) is 0 Å². The van der Waals surface area contributed by atoms with Gasteiger partial charge in [-0.15, -0.1) is 5.10 Å². The molecule has 20 heavy (non-hydrogen) atoms. The average Bonchev–Trinajstić information content (AvgIpc) is 2.87. The lowest BCUT2D eigenvalue weighted by molar-refractivity contribution is 0.0982. The van der Waals surface area contributed by atoms with Gasteiger partial charge in [0.2, 0.25) is 5.82 Å². The molecule has 6 heteroatoms. The summed E-state index contributed by atoms with van der Waals surface area (Å²) in [6, 6.07) is 6.07. The molecule has 0 aliphatic heterocycles. The van der Waals surface area contributed by atoms with Gasteiger partial charge in [0.15, 0.2) is 0 Å². The second-order valence-corrected chi connectivity index (χ2v) is 5.57. The first-order chi connectivity index (χ1) is 9.30. The van der Waals surface area contributed by atoms with Gasteiger partial charge in [-0.3, -0.25) is 9.89 Å². The van der Waals surface area contributed by atoms with E-state index in [0.717, 1.165) is 0 Å². The molecular formula is C14H17FN4O. The van der Waals surface area contributed by atoms with Crippen LogP contribution in [0.5, 0.6) is 0 Å². The standard InChI is InChI=1S/C14H17FN4O/c1-14(2,3)13-16-11(17-18-13)12(20)19(4)10-8-6-5-7-9(10)15/h5-8H,1-4H3,(H,16,17,18). The SMILES string of the molecule is CN(C(=O)c1n[nH]c(C(C)(C)C)n1)c1ccccc1F. The molecule has 5 nitrogen and oxygen atoms in total. The number of para-hydroxylation sites is 1. The van der Waals surface area contributed by atoms with Crippen molar-refractivity contribution in [1.29, 1.82) is 0 Å². The van der Waals surface area contributed by atoms with Gasteiger partial charge in [0.25, 0.3) is 5.91 Å². The van der Waals surface area contributed by atoms with E-state index < -0.39 is 11.7 Å². The molecule has 1 amide bonds. The number of anilines is 1. The minimum absolute atomic E-state index is 0.0284. The maximum absolute atomic E-state index is 13.7. The normalized spacial score (nSPS) is 11.4. The third-order valence-corrected chi connectivity index (χ3v) is 2.91. The highest BCUT2D eigenvalue weighted by Crippen LogP contribution is 2.20. The number of nitrogens with zero attached hydrogens (tertiary/aromatic N) is 3. The molecule has 0 atom stereocenters. The number of halogens is 1. The van der Waals surface area contributed by atoms with Crippen LogP contribution in [0.15, 0.2) is 24.3 Å². The number of rotatable bonds is 2. The number of hydrogen-bond donors (Lipinski definition) is 1. The van der Waals surface area contributed by atoms with Gasteiger partial charge >= 0.3 is 0 Å². The molecular weight excluding hydrogens is 259 g/mol. The van der Waals surface area contributed by atoms with Crippen molar-refractivity contribution in [2.24, 2.45) is 0 Å². The van der Waals surface area contributed by atoms with Crippen molar-refractivity contribution in [3.63, 3.8) is 0 Å². The van der Waals surface area contributed by atoms with Crippen LogP contribution in [0.3, 0.4) is 0 Å².